The summed E-state index contributed by atoms with van der Waals surface area (Å²) >= 11 is 0. The van der Waals surface area contributed by atoms with Gasteiger partial charge in [0.15, 0.2) is 6.04 Å². The summed E-state index contributed by atoms with van der Waals surface area (Å²) < 4.78 is 11.8. The van der Waals surface area contributed by atoms with Crippen LogP contribution in [-0.2, 0) is 25.2 Å². The molecule has 7 nitrogen and oxygen atoms in total. The highest BCUT2D eigenvalue weighted by molar-refractivity contribution is 7.86. The number of nitrogens with one attached hydrogen (secondary N) is 1. The van der Waals surface area contributed by atoms with E-state index in [1.165, 1.54) is 0 Å². The third-order valence-electron chi connectivity index (χ3n) is 2.82. The van der Waals surface area contributed by atoms with Crippen molar-refractivity contribution in [1.82, 2.24) is 10.2 Å². The summed E-state index contributed by atoms with van der Waals surface area (Å²) in [5, 5.41) is 10.5. The molecule has 0 aromatic rings. The van der Waals surface area contributed by atoms with Gasteiger partial charge in [-0.3, -0.25) is 13.8 Å². The Kier molecular flexibility index (Phi) is 2.74. The van der Waals surface area contributed by atoms with E-state index in [1.54, 1.807) is 0 Å². The number of rotatable bonds is 3. The monoisotopic (exact) mass is 258 g/mol. The van der Waals surface area contributed by atoms with Crippen molar-refractivity contribution in [2.75, 3.05) is 5.75 Å². The average molecular weight is 258 g/mol. The van der Waals surface area contributed by atoms with Crippen molar-refractivity contribution in [2.45, 2.75) is 17.5 Å². The highest BCUT2D eigenvalue weighted by Crippen LogP contribution is 2.33. The molecule has 2 N–H and O–H groups in total. The molecule has 2 saturated heterocycles. The van der Waals surface area contributed by atoms with Crippen LogP contribution in [0, 0.1) is 0 Å². The Hall–Kier alpha value is -1.70. The predicted octanol–water partition coefficient (Wildman–Crippen LogP) is -1.96. The van der Waals surface area contributed by atoms with Crippen LogP contribution in [0.3, 0.4) is 0 Å². The summed E-state index contributed by atoms with van der Waals surface area (Å²) in [7, 11) is -1.43. The molecule has 0 radical (unpaired) electrons. The zero-order valence-corrected chi connectivity index (χ0v) is 9.48. The van der Waals surface area contributed by atoms with Gasteiger partial charge in [0.25, 0.3) is 0 Å². The number of aliphatic carboxylic acids is 1. The van der Waals surface area contributed by atoms with E-state index in [0.717, 1.165) is 4.90 Å². The molecule has 2 rings (SSSR count). The molecule has 2 aliphatic rings. The van der Waals surface area contributed by atoms with Crippen LogP contribution in [-0.4, -0.2) is 55.7 Å². The van der Waals surface area contributed by atoms with Crippen molar-refractivity contribution >= 4 is 29.1 Å². The summed E-state index contributed by atoms with van der Waals surface area (Å²) in [6.45, 7) is 3.53. The van der Waals surface area contributed by atoms with E-state index in [2.05, 4.69) is 11.9 Å². The highest BCUT2D eigenvalue weighted by Gasteiger charge is 2.58. The van der Waals surface area contributed by atoms with E-state index < -0.39 is 40.1 Å². The van der Waals surface area contributed by atoms with Crippen LogP contribution in [0.1, 0.15) is 0 Å². The van der Waals surface area contributed by atoms with E-state index in [-0.39, 0.29) is 11.3 Å². The molecule has 2 amide bonds. The SMILES string of the molecule is C=C1CS(=O)[C@@H]2[C@H](NC=O)C(=O)N2[C@H]1C(=O)O. The fourth-order valence-corrected chi connectivity index (χ4v) is 3.77. The minimum atomic E-state index is -1.43. The maximum Gasteiger partial charge on any atom is 0.330 e. The third kappa shape index (κ3) is 1.55. The first-order valence-corrected chi connectivity index (χ1v) is 6.16. The zero-order chi connectivity index (χ0) is 12.7. The van der Waals surface area contributed by atoms with E-state index >= 15 is 0 Å². The molecule has 17 heavy (non-hydrogen) atoms. The largest absolute Gasteiger partial charge is 0.479 e. The molecule has 4 atom stereocenters. The number of hydrogen-bond acceptors (Lipinski definition) is 4. The van der Waals surface area contributed by atoms with Crippen molar-refractivity contribution in [2.24, 2.45) is 0 Å². The first-order valence-electron chi connectivity index (χ1n) is 4.78. The molecule has 0 aromatic heterocycles. The lowest BCUT2D eigenvalue weighted by Crippen LogP contribution is -2.76. The second-order valence-electron chi connectivity index (χ2n) is 3.82. The summed E-state index contributed by atoms with van der Waals surface area (Å²) in [5.74, 6) is -1.71. The van der Waals surface area contributed by atoms with Crippen LogP contribution in [0.25, 0.3) is 0 Å². The number of carbonyl (C=O) groups is 3. The van der Waals surface area contributed by atoms with Gasteiger partial charge in [-0.1, -0.05) is 6.58 Å². The average Bonchev–Trinajstić information content (AvgIpc) is 2.25. The van der Waals surface area contributed by atoms with Gasteiger partial charge in [-0.25, -0.2) is 4.79 Å². The molecule has 0 saturated carbocycles. The Bertz CT molecular complexity index is 449. The first kappa shape index (κ1) is 11.8. The number of amides is 2. The molecule has 2 fully saturated rings. The normalized spacial score (nSPS) is 35.9. The van der Waals surface area contributed by atoms with E-state index in [1.807, 2.05) is 0 Å². The molecule has 92 valence electrons. The maximum absolute atomic E-state index is 11.8. The topological polar surface area (TPSA) is 104 Å². The van der Waals surface area contributed by atoms with E-state index in [9.17, 15) is 18.6 Å². The fraction of sp³-hybridized carbons (Fsp3) is 0.444. The first-order chi connectivity index (χ1) is 7.99. The van der Waals surface area contributed by atoms with Crippen molar-refractivity contribution in [3.05, 3.63) is 12.2 Å². The minimum Gasteiger partial charge on any atom is -0.479 e. The second kappa shape index (κ2) is 3.95. The Morgan fingerprint density at radius 2 is 2.29 bits per heavy atom. The highest BCUT2D eigenvalue weighted by atomic mass is 32.2. The van der Waals surface area contributed by atoms with Crippen LogP contribution >= 0.6 is 0 Å². The number of hydrogen-bond donors (Lipinski definition) is 2. The van der Waals surface area contributed by atoms with Gasteiger partial charge in [-0.15, -0.1) is 0 Å². The number of nitrogens with zero attached hydrogens (tertiary/aromatic N) is 1. The van der Waals surface area contributed by atoms with Crippen molar-refractivity contribution in [1.29, 1.82) is 0 Å². The predicted molar refractivity (Wildman–Crippen MR) is 57.2 cm³/mol. The molecule has 0 bridgehead atoms. The molecular formula is C9H10N2O5S. The smallest absolute Gasteiger partial charge is 0.330 e. The van der Waals surface area contributed by atoms with Crippen molar-refractivity contribution in [3.8, 4) is 0 Å². The van der Waals surface area contributed by atoms with Gasteiger partial charge < -0.3 is 15.3 Å². The maximum atomic E-state index is 11.8. The molecule has 0 aromatic carbocycles. The van der Waals surface area contributed by atoms with Gasteiger partial charge in [-0.05, 0) is 5.57 Å². The van der Waals surface area contributed by atoms with Crippen LogP contribution in [0.4, 0.5) is 0 Å². The van der Waals surface area contributed by atoms with Gasteiger partial charge in [0, 0.05) is 5.75 Å². The molecule has 8 heteroatoms. The Labute approximate surface area is 98.9 Å². The zero-order valence-electron chi connectivity index (χ0n) is 8.66. The lowest BCUT2D eigenvalue weighted by atomic mass is 9.99. The Morgan fingerprint density at radius 1 is 1.65 bits per heavy atom. The molecule has 2 heterocycles. The van der Waals surface area contributed by atoms with Crippen LogP contribution in [0.15, 0.2) is 12.2 Å². The van der Waals surface area contributed by atoms with E-state index in [0.29, 0.717) is 6.41 Å². The Morgan fingerprint density at radius 3 is 2.82 bits per heavy atom. The lowest BCUT2D eigenvalue weighted by molar-refractivity contribution is -0.159. The van der Waals surface area contributed by atoms with Crippen LogP contribution in [0.5, 0.6) is 0 Å². The summed E-state index contributed by atoms with van der Waals surface area (Å²) in [6.07, 6.45) is 0.344. The van der Waals surface area contributed by atoms with Crippen molar-refractivity contribution in [3.63, 3.8) is 0 Å². The molecule has 1 unspecified atom stereocenters. The molecule has 2 aliphatic heterocycles. The Balaban J connectivity index is 2.30. The quantitative estimate of drug-likeness (QED) is 0.347. The van der Waals surface area contributed by atoms with Crippen molar-refractivity contribution < 1.29 is 23.7 Å². The van der Waals surface area contributed by atoms with Gasteiger partial charge in [-0.2, -0.15) is 0 Å². The number of β-lactam (4-membered cyclic amide) rings is 1. The fourth-order valence-electron chi connectivity index (χ4n) is 2.10. The number of fused-ring (bicyclic) bond motifs is 1. The third-order valence-corrected chi connectivity index (χ3v) is 4.52. The molecule has 0 spiro atoms. The summed E-state index contributed by atoms with van der Waals surface area (Å²) in [5.41, 5.74) is 0.241. The molecular weight excluding hydrogens is 248 g/mol. The molecule has 0 aliphatic carbocycles. The summed E-state index contributed by atoms with van der Waals surface area (Å²) in [4.78, 5) is 34.0. The number of carbonyl (C=O) groups excluding carboxylic acids is 2. The van der Waals surface area contributed by atoms with Gasteiger partial charge >= 0.3 is 5.97 Å². The lowest BCUT2D eigenvalue weighted by Gasteiger charge is -2.51. The van der Waals surface area contributed by atoms with Gasteiger partial charge in [0.05, 0.1) is 10.8 Å². The standard InChI is InChI=1S/C9H10N2O5S/c1-4-2-17(16)8-5(10-3-12)7(13)11(8)6(4)9(14)15/h3,5-6,8H,1-2H2,(H,10,12)(H,14,15)/t5-,6-,8-,17?/m1/s1. The van der Waals surface area contributed by atoms with Gasteiger partial charge in [0.1, 0.15) is 11.4 Å². The number of carboxylic acid groups (broad SMARTS) is 1. The second-order valence-corrected chi connectivity index (χ2v) is 5.36. The van der Waals surface area contributed by atoms with Crippen LogP contribution in [0.2, 0.25) is 0 Å². The summed E-state index contributed by atoms with van der Waals surface area (Å²) in [6, 6.07) is -2.03. The minimum absolute atomic E-state index is 0.0302. The number of carboxylic acids is 1. The van der Waals surface area contributed by atoms with Crippen LogP contribution < -0.4 is 5.32 Å². The van der Waals surface area contributed by atoms with E-state index in [4.69, 9.17) is 5.11 Å². The van der Waals surface area contributed by atoms with Gasteiger partial charge in [0.2, 0.25) is 12.3 Å².